The number of halogens is 1. The molecule has 6 nitrogen and oxygen atoms in total. The number of hydrogen-bond donors (Lipinski definition) is 1. The molecular formula is C18H19FN4O2S. The number of anilines is 1. The Balaban J connectivity index is 1.34. The predicted octanol–water partition coefficient (Wildman–Crippen LogP) is 2.93. The monoisotopic (exact) mass is 374 g/mol. The molecule has 136 valence electrons. The van der Waals surface area contributed by atoms with E-state index >= 15 is 0 Å². The van der Waals surface area contributed by atoms with Crippen LogP contribution < -0.4 is 5.32 Å². The summed E-state index contributed by atoms with van der Waals surface area (Å²) in [5, 5.41) is 12.5. The molecule has 2 heterocycles. The summed E-state index contributed by atoms with van der Waals surface area (Å²) in [6, 6.07) is 6.04. The molecule has 2 amide bonds. The van der Waals surface area contributed by atoms with E-state index in [9.17, 15) is 14.0 Å². The molecule has 1 saturated carbocycles. The Labute approximate surface area is 154 Å². The van der Waals surface area contributed by atoms with Gasteiger partial charge in [-0.1, -0.05) is 29.9 Å². The van der Waals surface area contributed by atoms with Crippen LogP contribution in [0.4, 0.5) is 9.52 Å². The number of rotatable bonds is 5. The van der Waals surface area contributed by atoms with Crippen molar-refractivity contribution in [1.82, 2.24) is 15.1 Å². The molecule has 1 aromatic heterocycles. The highest BCUT2D eigenvalue weighted by Gasteiger charge is 2.35. The number of amides is 2. The molecule has 1 saturated heterocycles. The quantitative estimate of drug-likeness (QED) is 0.873. The number of nitrogens with zero attached hydrogens (tertiary/aromatic N) is 3. The van der Waals surface area contributed by atoms with Crippen LogP contribution in [0.15, 0.2) is 24.3 Å². The Morgan fingerprint density at radius 2 is 2.04 bits per heavy atom. The molecular weight excluding hydrogens is 355 g/mol. The van der Waals surface area contributed by atoms with E-state index < -0.39 is 5.92 Å². The van der Waals surface area contributed by atoms with Gasteiger partial charge in [0.15, 0.2) is 0 Å². The van der Waals surface area contributed by atoms with Crippen LogP contribution >= 0.6 is 11.3 Å². The second-order valence-electron chi connectivity index (χ2n) is 6.86. The second kappa shape index (κ2) is 7.11. The molecule has 8 heteroatoms. The maximum Gasteiger partial charge on any atom is 0.231 e. The fraction of sp³-hybridized carbons (Fsp3) is 0.444. The number of nitrogens with one attached hydrogen (secondary N) is 1. The number of carbonyl (C=O) groups excluding carboxylic acids is 2. The van der Waals surface area contributed by atoms with Gasteiger partial charge in [0.1, 0.15) is 10.8 Å². The van der Waals surface area contributed by atoms with Gasteiger partial charge in [-0.3, -0.25) is 9.59 Å². The highest BCUT2D eigenvalue weighted by atomic mass is 32.1. The Bertz CT molecular complexity index is 819. The lowest BCUT2D eigenvalue weighted by atomic mass is 9.86. The standard InChI is InChI=1S/C18H19FN4O2S/c19-14-6-4-11(5-7-14)9-23-10-13(8-15(23)24)16(25)20-18-22-21-17(26-18)12-2-1-3-12/h4-7,12-13H,1-3,8-10H2,(H,20,22,25). The van der Waals surface area contributed by atoms with Crippen molar-refractivity contribution >= 4 is 28.3 Å². The third-order valence-electron chi connectivity index (χ3n) is 5.00. The summed E-state index contributed by atoms with van der Waals surface area (Å²) in [7, 11) is 0. The van der Waals surface area contributed by atoms with Gasteiger partial charge in [-0.25, -0.2) is 4.39 Å². The first kappa shape index (κ1) is 17.1. The summed E-state index contributed by atoms with van der Waals surface area (Å²) in [5.74, 6) is -0.494. The molecule has 2 aliphatic rings. The lowest BCUT2D eigenvalue weighted by Gasteiger charge is -2.21. The summed E-state index contributed by atoms with van der Waals surface area (Å²) in [6.07, 6.45) is 3.68. The first-order valence-electron chi connectivity index (χ1n) is 8.75. The minimum atomic E-state index is -0.404. The van der Waals surface area contributed by atoms with E-state index in [1.54, 1.807) is 17.0 Å². The van der Waals surface area contributed by atoms with E-state index in [0.29, 0.717) is 24.1 Å². The second-order valence-corrected chi connectivity index (χ2v) is 7.87. The maximum atomic E-state index is 13.0. The van der Waals surface area contributed by atoms with E-state index in [1.165, 1.54) is 29.9 Å². The van der Waals surface area contributed by atoms with Crippen molar-refractivity contribution in [2.24, 2.45) is 5.92 Å². The van der Waals surface area contributed by atoms with Crippen molar-refractivity contribution in [3.63, 3.8) is 0 Å². The Morgan fingerprint density at radius 1 is 1.27 bits per heavy atom. The normalized spacial score (nSPS) is 20.3. The van der Waals surface area contributed by atoms with E-state index in [0.717, 1.165) is 23.4 Å². The number of likely N-dealkylation sites (tertiary alicyclic amines) is 1. The molecule has 0 radical (unpaired) electrons. The third-order valence-corrected chi connectivity index (χ3v) is 6.00. The Morgan fingerprint density at radius 3 is 2.73 bits per heavy atom. The predicted molar refractivity (Wildman–Crippen MR) is 95.1 cm³/mol. The summed E-state index contributed by atoms with van der Waals surface area (Å²) in [6.45, 7) is 0.740. The van der Waals surface area contributed by atoms with Gasteiger partial charge >= 0.3 is 0 Å². The van der Waals surface area contributed by atoms with Gasteiger partial charge in [0, 0.05) is 25.4 Å². The number of carbonyl (C=O) groups is 2. The average Bonchev–Trinajstić information content (AvgIpc) is 3.15. The molecule has 4 rings (SSSR count). The van der Waals surface area contributed by atoms with Crippen LogP contribution in [0, 0.1) is 11.7 Å². The number of hydrogen-bond acceptors (Lipinski definition) is 5. The van der Waals surface area contributed by atoms with Gasteiger partial charge in [-0.15, -0.1) is 10.2 Å². The van der Waals surface area contributed by atoms with Crippen LogP contribution in [0.25, 0.3) is 0 Å². The van der Waals surface area contributed by atoms with E-state index in [1.807, 2.05) is 0 Å². The lowest BCUT2D eigenvalue weighted by molar-refractivity contribution is -0.128. The van der Waals surface area contributed by atoms with Crippen molar-refractivity contribution < 1.29 is 14.0 Å². The Kier molecular flexibility index (Phi) is 4.67. The van der Waals surface area contributed by atoms with Gasteiger partial charge < -0.3 is 10.2 Å². The minimum absolute atomic E-state index is 0.0677. The minimum Gasteiger partial charge on any atom is -0.338 e. The van der Waals surface area contributed by atoms with Gasteiger partial charge in [0.05, 0.1) is 5.92 Å². The summed E-state index contributed by atoms with van der Waals surface area (Å²) < 4.78 is 13.0. The zero-order chi connectivity index (χ0) is 18.1. The van der Waals surface area contributed by atoms with Crippen molar-refractivity contribution in [2.45, 2.75) is 38.1 Å². The van der Waals surface area contributed by atoms with E-state index in [-0.39, 0.29) is 24.1 Å². The largest absolute Gasteiger partial charge is 0.338 e. The fourth-order valence-electron chi connectivity index (χ4n) is 3.22. The van der Waals surface area contributed by atoms with Crippen LogP contribution in [0.2, 0.25) is 0 Å². The number of benzene rings is 1. The highest BCUT2D eigenvalue weighted by Crippen LogP contribution is 2.38. The van der Waals surface area contributed by atoms with Gasteiger partial charge in [-0.2, -0.15) is 0 Å². The Hall–Kier alpha value is -2.35. The average molecular weight is 374 g/mol. The van der Waals surface area contributed by atoms with Gasteiger partial charge in [-0.05, 0) is 30.5 Å². The van der Waals surface area contributed by atoms with Crippen LogP contribution in [-0.4, -0.2) is 33.5 Å². The van der Waals surface area contributed by atoms with Gasteiger partial charge in [0.2, 0.25) is 16.9 Å². The molecule has 1 atom stereocenters. The summed E-state index contributed by atoms with van der Waals surface area (Å²) in [4.78, 5) is 26.3. The van der Waals surface area contributed by atoms with E-state index in [4.69, 9.17) is 0 Å². The van der Waals surface area contributed by atoms with Crippen molar-refractivity contribution in [3.8, 4) is 0 Å². The molecule has 0 spiro atoms. The number of aromatic nitrogens is 2. The summed E-state index contributed by atoms with van der Waals surface area (Å²) >= 11 is 1.42. The molecule has 0 bridgehead atoms. The van der Waals surface area contributed by atoms with Crippen LogP contribution in [-0.2, 0) is 16.1 Å². The highest BCUT2D eigenvalue weighted by molar-refractivity contribution is 7.15. The first-order chi connectivity index (χ1) is 12.6. The van der Waals surface area contributed by atoms with Gasteiger partial charge in [0.25, 0.3) is 0 Å². The SMILES string of the molecule is O=C(Nc1nnc(C2CCC2)s1)C1CC(=O)N(Cc2ccc(F)cc2)C1. The maximum absolute atomic E-state index is 13.0. The summed E-state index contributed by atoms with van der Waals surface area (Å²) in [5.41, 5.74) is 0.843. The van der Waals surface area contributed by atoms with Crippen molar-refractivity contribution in [2.75, 3.05) is 11.9 Å². The zero-order valence-corrected chi connectivity index (χ0v) is 15.0. The molecule has 26 heavy (non-hydrogen) atoms. The van der Waals surface area contributed by atoms with Crippen LogP contribution in [0.1, 0.15) is 42.2 Å². The van der Waals surface area contributed by atoms with Crippen LogP contribution in [0.5, 0.6) is 0 Å². The molecule has 1 aliphatic carbocycles. The van der Waals surface area contributed by atoms with Crippen LogP contribution in [0.3, 0.4) is 0 Å². The van der Waals surface area contributed by atoms with E-state index in [2.05, 4.69) is 15.5 Å². The van der Waals surface area contributed by atoms with Crippen molar-refractivity contribution in [3.05, 3.63) is 40.7 Å². The molecule has 2 fully saturated rings. The van der Waals surface area contributed by atoms with Crippen molar-refractivity contribution in [1.29, 1.82) is 0 Å². The molecule has 1 aromatic carbocycles. The topological polar surface area (TPSA) is 75.2 Å². The fourth-order valence-corrected chi connectivity index (χ4v) is 4.14. The smallest absolute Gasteiger partial charge is 0.231 e. The lowest BCUT2D eigenvalue weighted by Crippen LogP contribution is -2.28. The molecule has 1 N–H and O–H groups in total. The zero-order valence-electron chi connectivity index (χ0n) is 14.2. The molecule has 2 aromatic rings. The molecule has 1 unspecified atom stereocenters. The third kappa shape index (κ3) is 3.60. The molecule has 1 aliphatic heterocycles. The first-order valence-corrected chi connectivity index (χ1v) is 9.56.